The number of nitrogens with one attached hydrogen (secondary N) is 1. The third-order valence-corrected chi connectivity index (χ3v) is 3.30. The molecule has 0 atom stereocenters. The van der Waals surface area contributed by atoms with E-state index in [1.807, 2.05) is 18.2 Å². The van der Waals surface area contributed by atoms with E-state index in [1.165, 1.54) is 0 Å². The lowest BCUT2D eigenvalue weighted by atomic mass is 10.2. The third kappa shape index (κ3) is 4.87. The molecule has 0 amide bonds. The molecular formula is C11H15BrClNO. The minimum absolute atomic E-state index is 0.284. The first-order chi connectivity index (χ1) is 7.24. The van der Waals surface area contributed by atoms with Gasteiger partial charge in [0, 0.05) is 23.3 Å². The summed E-state index contributed by atoms with van der Waals surface area (Å²) in [6, 6.07) is 5.79. The van der Waals surface area contributed by atoms with Crippen LogP contribution >= 0.6 is 27.5 Å². The number of halogens is 2. The molecule has 15 heavy (non-hydrogen) atoms. The van der Waals surface area contributed by atoms with E-state index in [4.69, 9.17) is 16.7 Å². The predicted octanol–water partition coefficient (Wildman–Crippen LogP) is 3.68. The largest absolute Gasteiger partial charge is 0.396 e. The molecule has 0 saturated carbocycles. The summed E-state index contributed by atoms with van der Waals surface area (Å²) >= 11 is 9.26. The van der Waals surface area contributed by atoms with E-state index in [1.54, 1.807) is 0 Å². The van der Waals surface area contributed by atoms with Gasteiger partial charge in [-0.1, -0.05) is 11.6 Å². The fourth-order valence-electron chi connectivity index (χ4n) is 1.25. The topological polar surface area (TPSA) is 32.3 Å². The highest BCUT2D eigenvalue weighted by molar-refractivity contribution is 9.10. The summed E-state index contributed by atoms with van der Waals surface area (Å²) in [7, 11) is 0. The maximum absolute atomic E-state index is 8.61. The van der Waals surface area contributed by atoms with Gasteiger partial charge in [0.05, 0.1) is 5.02 Å². The predicted molar refractivity (Wildman–Crippen MR) is 68.6 cm³/mol. The van der Waals surface area contributed by atoms with Gasteiger partial charge in [0.25, 0.3) is 0 Å². The van der Waals surface area contributed by atoms with Gasteiger partial charge in [-0.2, -0.15) is 0 Å². The fraction of sp³-hybridized carbons (Fsp3) is 0.455. The number of unbranched alkanes of at least 4 members (excludes halogenated alkanes) is 2. The van der Waals surface area contributed by atoms with Crippen molar-refractivity contribution in [3.05, 3.63) is 27.7 Å². The first kappa shape index (κ1) is 12.8. The molecule has 2 nitrogen and oxygen atoms in total. The molecule has 1 rings (SSSR count). The molecule has 2 N–H and O–H groups in total. The van der Waals surface area contributed by atoms with Crippen LogP contribution in [0.2, 0.25) is 5.02 Å². The smallest absolute Gasteiger partial charge is 0.0549 e. The molecule has 84 valence electrons. The number of anilines is 1. The maximum atomic E-state index is 8.61. The van der Waals surface area contributed by atoms with Crippen LogP contribution in [0.15, 0.2) is 22.7 Å². The zero-order chi connectivity index (χ0) is 11.1. The Bertz CT molecular complexity index is 307. The number of rotatable bonds is 6. The van der Waals surface area contributed by atoms with Crippen LogP contribution in [-0.4, -0.2) is 18.3 Å². The highest BCUT2D eigenvalue weighted by Crippen LogP contribution is 2.25. The molecular weight excluding hydrogens is 277 g/mol. The van der Waals surface area contributed by atoms with Crippen molar-refractivity contribution in [2.45, 2.75) is 19.3 Å². The standard InChI is InChI=1S/C11H15BrClNO/c12-10-8-9(4-5-11(10)13)14-6-2-1-3-7-15/h4-5,8,14-15H,1-3,6-7H2. The minimum atomic E-state index is 0.284. The molecule has 0 spiro atoms. The highest BCUT2D eigenvalue weighted by atomic mass is 79.9. The molecule has 0 heterocycles. The van der Waals surface area contributed by atoms with Gasteiger partial charge in [0.1, 0.15) is 0 Å². The Balaban J connectivity index is 2.28. The molecule has 0 aliphatic carbocycles. The van der Waals surface area contributed by atoms with Crippen LogP contribution in [0, 0.1) is 0 Å². The van der Waals surface area contributed by atoms with Gasteiger partial charge in [0.15, 0.2) is 0 Å². The van der Waals surface area contributed by atoms with Gasteiger partial charge in [-0.3, -0.25) is 0 Å². The van der Waals surface area contributed by atoms with Crippen LogP contribution in [0.4, 0.5) is 5.69 Å². The Hall–Kier alpha value is -0.250. The fourth-order valence-corrected chi connectivity index (χ4v) is 1.75. The van der Waals surface area contributed by atoms with Crippen molar-refractivity contribution in [1.29, 1.82) is 0 Å². The number of aliphatic hydroxyl groups is 1. The van der Waals surface area contributed by atoms with Gasteiger partial charge >= 0.3 is 0 Å². The summed E-state index contributed by atoms with van der Waals surface area (Å²) in [4.78, 5) is 0. The van der Waals surface area contributed by atoms with Gasteiger partial charge in [-0.15, -0.1) is 0 Å². The number of hydrogen-bond donors (Lipinski definition) is 2. The van der Waals surface area contributed by atoms with E-state index in [0.29, 0.717) is 0 Å². The van der Waals surface area contributed by atoms with Crippen LogP contribution in [0.5, 0.6) is 0 Å². The highest BCUT2D eigenvalue weighted by Gasteiger charge is 1.97. The second-order valence-electron chi connectivity index (χ2n) is 3.34. The zero-order valence-corrected chi connectivity index (χ0v) is 10.8. The summed E-state index contributed by atoms with van der Waals surface area (Å²) in [5.74, 6) is 0. The molecule has 1 aromatic rings. The van der Waals surface area contributed by atoms with E-state index in [0.717, 1.165) is 41.0 Å². The van der Waals surface area contributed by atoms with Crippen LogP contribution in [-0.2, 0) is 0 Å². The number of benzene rings is 1. The lowest BCUT2D eigenvalue weighted by Gasteiger charge is -2.06. The first-order valence-electron chi connectivity index (χ1n) is 5.04. The molecule has 1 aromatic carbocycles. The van der Waals surface area contributed by atoms with Crippen LogP contribution in [0.3, 0.4) is 0 Å². The van der Waals surface area contributed by atoms with Crippen molar-refractivity contribution in [3.8, 4) is 0 Å². The van der Waals surface area contributed by atoms with Crippen LogP contribution in [0.1, 0.15) is 19.3 Å². The maximum Gasteiger partial charge on any atom is 0.0549 e. The summed E-state index contributed by atoms with van der Waals surface area (Å²) in [6.07, 6.45) is 3.01. The Morgan fingerprint density at radius 3 is 2.73 bits per heavy atom. The van der Waals surface area contributed by atoms with Crippen LogP contribution in [0.25, 0.3) is 0 Å². The third-order valence-electron chi connectivity index (χ3n) is 2.08. The Labute approximate surface area is 104 Å². The van der Waals surface area contributed by atoms with Gasteiger partial charge in [-0.25, -0.2) is 0 Å². The van der Waals surface area contributed by atoms with Crippen molar-refractivity contribution < 1.29 is 5.11 Å². The van der Waals surface area contributed by atoms with E-state index in [2.05, 4.69) is 21.2 Å². The normalized spacial score (nSPS) is 10.3. The lowest BCUT2D eigenvalue weighted by Crippen LogP contribution is -2.01. The SMILES string of the molecule is OCCCCCNc1ccc(Cl)c(Br)c1. The Kier molecular flexibility index (Phi) is 6.06. The Morgan fingerprint density at radius 1 is 1.27 bits per heavy atom. The Morgan fingerprint density at radius 2 is 2.07 bits per heavy atom. The van der Waals surface area contributed by atoms with E-state index >= 15 is 0 Å². The molecule has 0 unspecified atom stereocenters. The first-order valence-corrected chi connectivity index (χ1v) is 6.21. The van der Waals surface area contributed by atoms with Crippen LogP contribution < -0.4 is 5.32 Å². The minimum Gasteiger partial charge on any atom is -0.396 e. The van der Waals surface area contributed by atoms with Crippen molar-refractivity contribution in [3.63, 3.8) is 0 Å². The van der Waals surface area contributed by atoms with E-state index in [-0.39, 0.29) is 6.61 Å². The van der Waals surface area contributed by atoms with Crippen molar-refractivity contribution in [2.24, 2.45) is 0 Å². The lowest BCUT2D eigenvalue weighted by molar-refractivity contribution is 0.283. The molecule has 0 saturated heterocycles. The van der Waals surface area contributed by atoms with Crippen molar-refractivity contribution >= 4 is 33.2 Å². The molecule has 0 radical (unpaired) electrons. The summed E-state index contributed by atoms with van der Waals surface area (Å²) in [5.41, 5.74) is 1.07. The summed E-state index contributed by atoms with van der Waals surface area (Å²) in [6.45, 7) is 1.21. The van der Waals surface area contributed by atoms with E-state index in [9.17, 15) is 0 Å². The molecule has 0 aliphatic heterocycles. The van der Waals surface area contributed by atoms with Gasteiger partial charge in [0.2, 0.25) is 0 Å². The molecule has 0 fully saturated rings. The second-order valence-corrected chi connectivity index (χ2v) is 4.60. The molecule has 0 aliphatic rings. The van der Waals surface area contributed by atoms with E-state index < -0.39 is 0 Å². The number of hydrogen-bond acceptors (Lipinski definition) is 2. The summed E-state index contributed by atoms with van der Waals surface area (Å²) < 4.78 is 0.907. The van der Waals surface area contributed by atoms with Crippen molar-refractivity contribution in [2.75, 3.05) is 18.5 Å². The average molecular weight is 293 g/mol. The molecule has 0 aromatic heterocycles. The molecule has 0 bridgehead atoms. The molecule has 4 heteroatoms. The monoisotopic (exact) mass is 291 g/mol. The average Bonchev–Trinajstić information content (AvgIpc) is 2.23. The van der Waals surface area contributed by atoms with Crippen molar-refractivity contribution in [1.82, 2.24) is 0 Å². The summed E-state index contributed by atoms with van der Waals surface area (Å²) in [5, 5.41) is 12.6. The quantitative estimate of drug-likeness (QED) is 0.784. The van der Waals surface area contributed by atoms with Gasteiger partial charge in [-0.05, 0) is 53.4 Å². The van der Waals surface area contributed by atoms with Gasteiger partial charge < -0.3 is 10.4 Å². The second kappa shape index (κ2) is 7.09. The number of aliphatic hydroxyl groups excluding tert-OH is 1. The zero-order valence-electron chi connectivity index (χ0n) is 8.47.